The highest BCUT2D eigenvalue weighted by Gasteiger charge is 2.24. The summed E-state index contributed by atoms with van der Waals surface area (Å²) >= 11 is 0. The summed E-state index contributed by atoms with van der Waals surface area (Å²) in [6.07, 6.45) is 1.05. The van der Waals surface area contributed by atoms with Gasteiger partial charge in [-0.1, -0.05) is 17.7 Å². The molecule has 0 aliphatic heterocycles. The maximum Gasteiger partial charge on any atom is 0.339 e. The van der Waals surface area contributed by atoms with Crippen LogP contribution in [0, 0.1) is 20.8 Å². The van der Waals surface area contributed by atoms with Crippen molar-refractivity contribution in [2.24, 2.45) is 0 Å². The average Bonchev–Trinajstić information content (AvgIpc) is 2.42. The zero-order chi connectivity index (χ0) is 17.4. The molecule has 0 heterocycles. The van der Waals surface area contributed by atoms with Crippen LogP contribution in [0.25, 0.3) is 0 Å². The molecule has 0 radical (unpaired) electrons. The molecule has 124 valence electrons. The zero-order valence-corrected chi connectivity index (χ0v) is 15.0. The van der Waals surface area contributed by atoms with Crippen LogP contribution < -0.4 is 4.18 Å². The predicted octanol–water partition coefficient (Wildman–Crippen LogP) is 2.78. The molecule has 0 spiro atoms. The molecule has 2 aromatic rings. The van der Waals surface area contributed by atoms with Crippen LogP contribution in [0.15, 0.2) is 46.2 Å². The number of hydrogen-bond donors (Lipinski definition) is 0. The van der Waals surface area contributed by atoms with Gasteiger partial charge in [-0.15, -0.1) is 0 Å². The standard InChI is InChI=1S/C16H18O5S2/c1-11-5-7-14(8-6-11)21-23(19,20)16-10-12(2)9-15(13(16)3)22(4,17)18/h5-10H,1-4H3. The van der Waals surface area contributed by atoms with Gasteiger partial charge in [-0.3, -0.25) is 0 Å². The second-order valence-corrected chi connectivity index (χ2v) is 9.01. The first-order chi connectivity index (χ1) is 10.5. The Morgan fingerprint density at radius 2 is 1.30 bits per heavy atom. The highest BCUT2D eigenvalue weighted by Crippen LogP contribution is 2.27. The predicted molar refractivity (Wildman–Crippen MR) is 88.0 cm³/mol. The smallest absolute Gasteiger partial charge is 0.339 e. The minimum absolute atomic E-state index is 0.0106. The monoisotopic (exact) mass is 354 g/mol. The van der Waals surface area contributed by atoms with Crippen molar-refractivity contribution < 1.29 is 21.0 Å². The van der Waals surface area contributed by atoms with E-state index < -0.39 is 20.0 Å². The molecular weight excluding hydrogens is 336 g/mol. The Balaban J connectivity index is 2.56. The molecule has 0 aliphatic carbocycles. The quantitative estimate of drug-likeness (QED) is 0.789. The molecule has 2 aromatic carbocycles. The summed E-state index contributed by atoms with van der Waals surface area (Å²) in [4.78, 5) is -0.151. The van der Waals surface area contributed by atoms with Crippen molar-refractivity contribution in [3.63, 3.8) is 0 Å². The lowest BCUT2D eigenvalue weighted by Gasteiger charge is -2.13. The maximum absolute atomic E-state index is 12.5. The average molecular weight is 354 g/mol. The van der Waals surface area contributed by atoms with Crippen molar-refractivity contribution in [2.45, 2.75) is 30.6 Å². The van der Waals surface area contributed by atoms with E-state index in [1.54, 1.807) is 31.2 Å². The summed E-state index contributed by atoms with van der Waals surface area (Å²) in [5.74, 6) is 0.178. The first-order valence-electron chi connectivity index (χ1n) is 6.83. The Morgan fingerprint density at radius 1 is 0.783 bits per heavy atom. The fraction of sp³-hybridized carbons (Fsp3) is 0.250. The van der Waals surface area contributed by atoms with Crippen LogP contribution >= 0.6 is 0 Å². The van der Waals surface area contributed by atoms with Gasteiger partial charge in [0.2, 0.25) is 0 Å². The molecule has 0 saturated carbocycles. The third-order valence-electron chi connectivity index (χ3n) is 3.35. The minimum Gasteiger partial charge on any atom is -0.379 e. The van der Waals surface area contributed by atoms with Gasteiger partial charge in [0.05, 0.1) is 4.90 Å². The number of rotatable bonds is 4. The van der Waals surface area contributed by atoms with Crippen LogP contribution in [-0.2, 0) is 20.0 Å². The van der Waals surface area contributed by atoms with E-state index in [-0.39, 0.29) is 21.1 Å². The summed E-state index contributed by atoms with van der Waals surface area (Å²) in [6.45, 7) is 4.97. The van der Waals surface area contributed by atoms with E-state index in [1.165, 1.54) is 19.1 Å². The van der Waals surface area contributed by atoms with Crippen molar-refractivity contribution in [1.29, 1.82) is 0 Å². The first-order valence-corrected chi connectivity index (χ1v) is 10.1. The molecule has 0 N–H and O–H groups in total. The Kier molecular flexibility index (Phi) is 4.54. The molecule has 7 heteroatoms. The molecule has 5 nitrogen and oxygen atoms in total. The van der Waals surface area contributed by atoms with E-state index in [0.29, 0.717) is 5.56 Å². The Bertz CT molecular complexity index is 941. The molecule has 2 rings (SSSR count). The van der Waals surface area contributed by atoms with Crippen molar-refractivity contribution in [3.05, 3.63) is 53.1 Å². The van der Waals surface area contributed by atoms with Gasteiger partial charge in [0.25, 0.3) is 0 Å². The highest BCUT2D eigenvalue weighted by atomic mass is 32.2. The lowest BCUT2D eigenvalue weighted by Crippen LogP contribution is -2.14. The van der Waals surface area contributed by atoms with Gasteiger partial charge in [-0.2, -0.15) is 8.42 Å². The van der Waals surface area contributed by atoms with E-state index in [2.05, 4.69) is 0 Å². The van der Waals surface area contributed by atoms with Crippen LogP contribution in [0.2, 0.25) is 0 Å². The van der Waals surface area contributed by atoms with Gasteiger partial charge in [0.15, 0.2) is 9.84 Å². The van der Waals surface area contributed by atoms with Crippen molar-refractivity contribution >= 4 is 20.0 Å². The van der Waals surface area contributed by atoms with Crippen molar-refractivity contribution in [1.82, 2.24) is 0 Å². The Labute approximate surface area is 137 Å². The third-order valence-corrected chi connectivity index (χ3v) is 5.95. The van der Waals surface area contributed by atoms with Crippen LogP contribution in [0.4, 0.5) is 0 Å². The lowest BCUT2D eigenvalue weighted by molar-refractivity contribution is 0.485. The van der Waals surface area contributed by atoms with Crippen LogP contribution in [0.3, 0.4) is 0 Å². The Hall–Kier alpha value is -1.86. The summed E-state index contributed by atoms with van der Waals surface area (Å²) in [5.41, 5.74) is 1.66. The number of benzene rings is 2. The minimum atomic E-state index is -4.13. The van der Waals surface area contributed by atoms with Crippen molar-refractivity contribution in [2.75, 3.05) is 6.26 Å². The largest absolute Gasteiger partial charge is 0.379 e. The zero-order valence-electron chi connectivity index (χ0n) is 13.3. The van der Waals surface area contributed by atoms with Gasteiger partial charge >= 0.3 is 10.1 Å². The molecule has 0 saturated heterocycles. The van der Waals surface area contributed by atoms with Crippen LogP contribution in [0.5, 0.6) is 5.75 Å². The lowest BCUT2D eigenvalue weighted by atomic mass is 10.2. The summed E-state index contributed by atoms with van der Waals surface area (Å²) < 4.78 is 53.9. The SMILES string of the molecule is Cc1ccc(OS(=O)(=O)c2cc(C)cc(S(C)(=O)=O)c2C)cc1. The van der Waals surface area contributed by atoms with Gasteiger partial charge < -0.3 is 4.18 Å². The topological polar surface area (TPSA) is 77.5 Å². The van der Waals surface area contributed by atoms with Crippen LogP contribution in [0.1, 0.15) is 16.7 Å². The van der Waals surface area contributed by atoms with E-state index >= 15 is 0 Å². The second-order valence-electron chi connectivity index (χ2n) is 5.51. The molecule has 0 aromatic heterocycles. The summed E-state index contributed by atoms with van der Waals surface area (Å²) in [6, 6.07) is 9.43. The van der Waals surface area contributed by atoms with E-state index in [9.17, 15) is 16.8 Å². The molecule has 0 bridgehead atoms. The fourth-order valence-electron chi connectivity index (χ4n) is 2.20. The second kappa shape index (κ2) is 5.98. The molecule has 0 atom stereocenters. The molecule has 0 unspecified atom stereocenters. The summed E-state index contributed by atoms with van der Waals surface area (Å²) in [7, 11) is -7.66. The first kappa shape index (κ1) is 17.5. The molecule has 0 fully saturated rings. The van der Waals surface area contributed by atoms with Gasteiger partial charge in [0.1, 0.15) is 10.6 Å². The van der Waals surface area contributed by atoms with Crippen molar-refractivity contribution in [3.8, 4) is 5.75 Å². The molecule has 0 aliphatic rings. The normalized spacial score (nSPS) is 12.2. The summed E-state index contributed by atoms with van der Waals surface area (Å²) in [5, 5.41) is 0. The van der Waals surface area contributed by atoms with Gasteiger partial charge in [0, 0.05) is 6.26 Å². The molecular formula is C16H18O5S2. The highest BCUT2D eigenvalue weighted by molar-refractivity contribution is 7.91. The number of aryl methyl sites for hydroxylation is 2. The maximum atomic E-state index is 12.5. The molecule has 0 amide bonds. The third kappa shape index (κ3) is 3.92. The van der Waals surface area contributed by atoms with E-state index in [0.717, 1.165) is 11.8 Å². The molecule has 23 heavy (non-hydrogen) atoms. The number of hydrogen-bond acceptors (Lipinski definition) is 5. The Morgan fingerprint density at radius 3 is 1.83 bits per heavy atom. The van der Waals surface area contributed by atoms with E-state index in [4.69, 9.17) is 4.18 Å². The van der Waals surface area contributed by atoms with Gasteiger partial charge in [-0.25, -0.2) is 8.42 Å². The fourth-order valence-corrected chi connectivity index (χ4v) is 4.60. The number of sulfone groups is 1. The van der Waals surface area contributed by atoms with E-state index in [1.807, 2.05) is 6.92 Å². The van der Waals surface area contributed by atoms with Crippen LogP contribution in [-0.4, -0.2) is 23.1 Å². The van der Waals surface area contributed by atoms with Gasteiger partial charge in [-0.05, 0) is 56.2 Å².